The van der Waals surface area contributed by atoms with E-state index in [1.807, 2.05) is 30.3 Å². The average molecular weight is 285 g/mol. The molecule has 0 atom stereocenters. The van der Waals surface area contributed by atoms with Gasteiger partial charge in [-0.15, -0.1) is 10.2 Å². The molecule has 0 spiro atoms. The van der Waals surface area contributed by atoms with Crippen LogP contribution >= 0.6 is 11.3 Å². The summed E-state index contributed by atoms with van der Waals surface area (Å²) < 4.78 is 5.10. The Labute approximate surface area is 119 Å². The number of hydrogen-bond donors (Lipinski definition) is 1. The molecule has 20 heavy (non-hydrogen) atoms. The van der Waals surface area contributed by atoms with Crippen molar-refractivity contribution in [3.63, 3.8) is 0 Å². The Morgan fingerprint density at radius 2 is 2.00 bits per heavy atom. The van der Waals surface area contributed by atoms with Gasteiger partial charge in [0.25, 0.3) is 5.91 Å². The molecule has 0 fully saturated rings. The monoisotopic (exact) mass is 285 g/mol. The summed E-state index contributed by atoms with van der Waals surface area (Å²) in [6, 6.07) is 11.3. The van der Waals surface area contributed by atoms with Crippen LogP contribution in [0.15, 0.2) is 47.1 Å². The number of benzene rings is 1. The molecule has 0 aliphatic rings. The van der Waals surface area contributed by atoms with E-state index < -0.39 is 0 Å². The van der Waals surface area contributed by atoms with E-state index in [1.54, 1.807) is 13.0 Å². The zero-order valence-electron chi connectivity index (χ0n) is 10.7. The van der Waals surface area contributed by atoms with Gasteiger partial charge < -0.3 is 4.42 Å². The highest BCUT2D eigenvalue weighted by atomic mass is 32.1. The number of anilines is 1. The van der Waals surface area contributed by atoms with Gasteiger partial charge in [0, 0.05) is 5.56 Å². The van der Waals surface area contributed by atoms with Crippen LogP contribution in [0.25, 0.3) is 10.6 Å². The highest BCUT2D eigenvalue weighted by Gasteiger charge is 2.14. The maximum Gasteiger partial charge on any atom is 0.261 e. The fourth-order valence-corrected chi connectivity index (χ4v) is 2.50. The van der Waals surface area contributed by atoms with Crippen molar-refractivity contribution in [3.05, 3.63) is 54.0 Å². The molecule has 0 aliphatic carbocycles. The van der Waals surface area contributed by atoms with Crippen molar-refractivity contribution in [2.45, 2.75) is 6.92 Å². The second-order valence-electron chi connectivity index (χ2n) is 4.12. The first-order valence-electron chi connectivity index (χ1n) is 5.98. The van der Waals surface area contributed by atoms with Gasteiger partial charge in [0.05, 0.1) is 11.8 Å². The van der Waals surface area contributed by atoms with Crippen molar-refractivity contribution in [2.75, 3.05) is 5.32 Å². The minimum Gasteiger partial charge on any atom is -0.469 e. The number of carbonyl (C=O) groups excluding carboxylic acids is 1. The van der Waals surface area contributed by atoms with Gasteiger partial charge in [-0.1, -0.05) is 41.7 Å². The lowest BCUT2D eigenvalue weighted by Crippen LogP contribution is -2.11. The van der Waals surface area contributed by atoms with Crippen LogP contribution in [0.4, 0.5) is 5.13 Å². The SMILES string of the molecule is Cc1occc1C(=O)Nc1nnc(-c2ccccc2)s1. The standard InChI is InChI=1S/C14H11N3O2S/c1-9-11(7-8-19-9)12(18)15-14-17-16-13(20-14)10-5-3-2-4-6-10/h2-8H,1H3,(H,15,17,18). The Morgan fingerprint density at radius 3 is 2.70 bits per heavy atom. The molecule has 5 nitrogen and oxygen atoms in total. The van der Waals surface area contributed by atoms with Crippen LogP contribution in [0.1, 0.15) is 16.1 Å². The van der Waals surface area contributed by atoms with Crippen LogP contribution in [-0.4, -0.2) is 16.1 Å². The van der Waals surface area contributed by atoms with E-state index in [2.05, 4.69) is 15.5 Å². The van der Waals surface area contributed by atoms with Crippen molar-refractivity contribution in [1.82, 2.24) is 10.2 Å². The van der Waals surface area contributed by atoms with Gasteiger partial charge in [-0.05, 0) is 13.0 Å². The molecule has 1 aromatic carbocycles. The highest BCUT2D eigenvalue weighted by Crippen LogP contribution is 2.26. The molecular formula is C14H11N3O2S. The third-order valence-corrected chi connectivity index (χ3v) is 3.66. The second-order valence-corrected chi connectivity index (χ2v) is 5.10. The van der Waals surface area contributed by atoms with Gasteiger partial charge in [0.2, 0.25) is 5.13 Å². The van der Waals surface area contributed by atoms with Gasteiger partial charge in [-0.2, -0.15) is 0 Å². The number of amides is 1. The third-order valence-electron chi connectivity index (χ3n) is 2.77. The van der Waals surface area contributed by atoms with Crippen LogP contribution < -0.4 is 5.32 Å². The number of aromatic nitrogens is 2. The van der Waals surface area contributed by atoms with E-state index in [0.717, 1.165) is 10.6 Å². The Balaban J connectivity index is 1.78. The van der Waals surface area contributed by atoms with E-state index in [4.69, 9.17) is 4.42 Å². The van der Waals surface area contributed by atoms with Crippen molar-refractivity contribution in [2.24, 2.45) is 0 Å². The summed E-state index contributed by atoms with van der Waals surface area (Å²) >= 11 is 1.33. The number of nitrogens with one attached hydrogen (secondary N) is 1. The number of carbonyl (C=O) groups is 1. The summed E-state index contributed by atoms with van der Waals surface area (Å²) in [6.07, 6.45) is 1.49. The summed E-state index contributed by atoms with van der Waals surface area (Å²) in [6.45, 7) is 1.74. The normalized spacial score (nSPS) is 10.4. The lowest BCUT2D eigenvalue weighted by Gasteiger charge is -1.98. The molecule has 2 heterocycles. The van der Waals surface area contributed by atoms with E-state index in [-0.39, 0.29) is 5.91 Å². The van der Waals surface area contributed by atoms with E-state index >= 15 is 0 Å². The maximum absolute atomic E-state index is 12.0. The first kappa shape index (κ1) is 12.6. The molecule has 100 valence electrons. The van der Waals surface area contributed by atoms with Crippen molar-refractivity contribution in [3.8, 4) is 10.6 Å². The molecule has 2 aromatic heterocycles. The van der Waals surface area contributed by atoms with Gasteiger partial charge in [0.1, 0.15) is 10.8 Å². The summed E-state index contributed by atoms with van der Waals surface area (Å²) in [5, 5.41) is 12.0. The number of aryl methyl sites for hydroxylation is 1. The first-order valence-corrected chi connectivity index (χ1v) is 6.80. The lowest BCUT2D eigenvalue weighted by molar-refractivity contribution is 0.102. The van der Waals surface area contributed by atoms with Gasteiger partial charge in [-0.25, -0.2) is 0 Å². The number of rotatable bonds is 3. The quantitative estimate of drug-likeness (QED) is 0.801. The molecule has 1 amide bonds. The fraction of sp³-hybridized carbons (Fsp3) is 0.0714. The maximum atomic E-state index is 12.0. The molecule has 3 rings (SSSR count). The van der Waals surface area contributed by atoms with Gasteiger partial charge >= 0.3 is 0 Å². The Hall–Kier alpha value is -2.47. The molecule has 0 aliphatic heterocycles. The zero-order chi connectivity index (χ0) is 13.9. The Morgan fingerprint density at radius 1 is 1.20 bits per heavy atom. The minimum atomic E-state index is -0.244. The van der Waals surface area contributed by atoms with Crippen LogP contribution in [0.5, 0.6) is 0 Å². The molecule has 0 saturated carbocycles. The number of hydrogen-bond acceptors (Lipinski definition) is 5. The summed E-state index contributed by atoms with van der Waals surface area (Å²) in [7, 11) is 0. The molecule has 0 radical (unpaired) electrons. The molecule has 6 heteroatoms. The Kier molecular flexibility index (Phi) is 3.30. The second kappa shape index (κ2) is 5.26. The number of furan rings is 1. The van der Waals surface area contributed by atoms with Crippen LogP contribution in [0, 0.1) is 6.92 Å². The fourth-order valence-electron chi connectivity index (χ4n) is 1.76. The average Bonchev–Trinajstić information content (AvgIpc) is 3.09. The molecule has 0 unspecified atom stereocenters. The van der Waals surface area contributed by atoms with Gasteiger partial charge in [-0.3, -0.25) is 10.1 Å². The highest BCUT2D eigenvalue weighted by molar-refractivity contribution is 7.18. The summed E-state index contributed by atoms with van der Waals surface area (Å²) in [5.41, 5.74) is 1.48. The summed E-state index contributed by atoms with van der Waals surface area (Å²) in [5.74, 6) is 0.335. The van der Waals surface area contributed by atoms with E-state index in [9.17, 15) is 4.79 Å². The van der Waals surface area contributed by atoms with Crippen LogP contribution in [-0.2, 0) is 0 Å². The molecular weight excluding hydrogens is 274 g/mol. The van der Waals surface area contributed by atoms with Crippen LogP contribution in [0.3, 0.4) is 0 Å². The molecule has 0 saturated heterocycles. The van der Waals surface area contributed by atoms with E-state index in [1.165, 1.54) is 17.6 Å². The smallest absolute Gasteiger partial charge is 0.261 e. The topological polar surface area (TPSA) is 68.0 Å². The Bertz CT molecular complexity index is 734. The molecule has 1 N–H and O–H groups in total. The van der Waals surface area contributed by atoms with Crippen molar-refractivity contribution < 1.29 is 9.21 Å². The first-order chi connectivity index (χ1) is 9.74. The molecule has 3 aromatic rings. The van der Waals surface area contributed by atoms with E-state index in [0.29, 0.717) is 16.5 Å². The lowest BCUT2D eigenvalue weighted by atomic mass is 10.2. The van der Waals surface area contributed by atoms with Crippen molar-refractivity contribution >= 4 is 22.4 Å². The van der Waals surface area contributed by atoms with Crippen molar-refractivity contribution in [1.29, 1.82) is 0 Å². The predicted molar refractivity (Wildman–Crippen MR) is 76.7 cm³/mol. The zero-order valence-corrected chi connectivity index (χ0v) is 11.5. The largest absolute Gasteiger partial charge is 0.469 e. The number of nitrogens with zero attached hydrogens (tertiary/aromatic N) is 2. The van der Waals surface area contributed by atoms with Crippen LogP contribution in [0.2, 0.25) is 0 Å². The minimum absolute atomic E-state index is 0.244. The van der Waals surface area contributed by atoms with Gasteiger partial charge in [0.15, 0.2) is 0 Å². The summed E-state index contributed by atoms with van der Waals surface area (Å²) in [4.78, 5) is 12.0. The molecule has 0 bridgehead atoms. The predicted octanol–water partition coefficient (Wildman–Crippen LogP) is 3.36. The third kappa shape index (κ3) is 2.46.